The summed E-state index contributed by atoms with van der Waals surface area (Å²) in [5.74, 6) is 2.30. The molecule has 0 N–H and O–H groups in total. The monoisotopic (exact) mass is 262 g/mol. The minimum Gasteiger partial charge on any atom is -0.494 e. The second-order valence-corrected chi connectivity index (χ2v) is 4.95. The van der Waals surface area contributed by atoms with Crippen molar-refractivity contribution in [3.8, 4) is 11.5 Å². The van der Waals surface area contributed by atoms with Gasteiger partial charge in [-0.2, -0.15) is 0 Å². The van der Waals surface area contributed by atoms with Gasteiger partial charge in [-0.15, -0.1) is 0 Å². The molecular formula is C16H22O3. The summed E-state index contributed by atoms with van der Waals surface area (Å²) in [7, 11) is 0. The predicted octanol–water partition coefficient (Wildman–Crippen LogP) is 3.61. The van der Waals surface area contributed by atoms with Gasteiger partial charge in [-0.25, -0.2) is 0 Å². The van der Waals surface area contributed by atoms with E-state index in [1.807, 2.05) is 31.2 Å². The minimum atomic E-state index is 0.295. The van der Waals surface area contributed by atoms with Gasteiger partial charge in [0.15, 0.2) is 0 Å². The summed E-state index contributed by atoms with van der Waals surface area (Å²) in [6.07, 6.45) is 5.08. The number of Topliss-reactive ketones (excluding diaryl/α,β-unsaturated/α-hetero) is 1. The lowest BCUT2D eigenvalue weighted by Crippen LogP contribution is -2.14. The summed E-state index contributed by atoms with van der Waals surface area (Å²) in [5, 5.41) is 0. The average molecular weight is 262 g/mol. The summed E-state index contributed by atoms with van der Waals surface area (Å²) in [5.41, 5.74) is 0. The van der Waals surface area contributed by atoms with Crippen LogP contribution in [-0.4, -0.2) is 19.0 Å². The second kappa shape index (κ2) is 7.17. The Balaban J connectivity index is 1.71. The Labute approximate surface area is 114 Å². The number of hydrogen-bond donors (Lipinski definition) is 0. The van der Waals surface area contributed by atoms with E-state index in [4.69, 9.17) is 9.47 Å². The van der Waals surface area contributed by atoms with E-state index in [9.17, 15) is 4.79 Å². The molecular weight excluding hydrogens is 240 g/mol. The molecule has 0 radical (unpaired) electrons. The molecule has 1 aliphatic rings. The smallest absolute Gasteiger partial charge is 0.139 e. The summed E-state index contributed by atoms with van der Waals surface area (Å²) in [4.78, 5) is 11.9. The van der Waals surface area contributed by atoms with Crippen LogP contribution in [0.5, 0.6) is 11.5 Å². The van der Waals surface area contributed by atoms with Crippen LogP contribution in [0, 0.1) is 5.92 Å². The maximum Gasteiger partial charge on any atom is 0.139 e. The van der Waals surface area contributed by atoms with Gasteiger partial charge in [0.05, 0.1) is 13.2 Å². The fourth-order valence-electron chi connectivity index (χ4n) is 2.52. The van der Waals surface area contributed by atoms with Gasteiger partial charge in [0.2, 0.25) is 0 Å². The third-order valence-electron chi connectivity index (χ3n) is 3.56. The molecule has 1 aliphatic carbocycles. The molecule has 0 saturated heterocycles. The zero-order valence-electron chi connectivity index (χ0n) is 11.6. The molecule has 0 bridgehead atoms. The molecule has 0 aromatic heterocycles. The van der Waals surface area contributed by atoms with Gasteiger partial charge >= 0.3 is 0 Å². The van der Waals surface area contributed by atoms with Crippen molar-refractivity contribution in [1.82, 2.24) is 0 Å². The van der Waals surface area contributed by atoms with Crippen molar-refractivity contribution in [2.24, 2.45) is 5.92 Å². The first kappa shape index (κ1) is 13.9. The van der Waals surface area contributed by atoms with Crippen LogP contribution in [0.2, 0.25) is 0 Å². The number of rotatable bonds is 7. The molecule has 19 heavy (non-hydrogen) atoms. The Morgan fingerprint density at radius 1 is 1.11 bits per heavy atom. The fraction of sp³-hybridized carbons (Fsp3) is 0.562. The number of ether oxygens (including phenoxy) is 2. The Bertz CT molecular complexity index is 391. The quantitative estimate of drug-likeness (QED) is 0.753. The molecule has 0 spiro atoms. The van der Waals surface area contributed by atoms with Crippen LogP contribution in [0.4, 0.5) is 0 Å². The summed E-state index contributed by atoms with van der Waals surface area (Å²) in [6, 6.07) is 7.53. The number of benzene rings is 1. The molecule has 3 nitrogen and oxygen atoms in total. The Morgan fingerprint density at radius 3 is 2.26 bits per heavy atom. The van der Waals surface area contributed by atoms with E-state index in [1.165, 1.54) is 12.8 Å². The molecule has 0 heterocycles. The van der Waals surface area contributed by atoms with Gasteiger partial charge in [-0.05, 0) is 44.0 Å². The van der Waals surface area contributed by atoms with Gasteiger partial charge in [-0.3, -0.25) is 4.79 Å². The summed E-state index contributed by atoms with van der Waals surface area (Å²) < 4.78 is 11.0. The maximum absolute atomic E-state index is 11.9. The van der Waals surface area contributed by atoms with Gasteiger partial charge < -0.3 is 9.47 Å². The second-order valence-electron chi connectivity index (χ2n) is 4.95. The number of carbonyl (C=O) groups is 1. The van der Waals surface area contributed by atoms with Crippen molar-refractivity contribution in [3.05, 3.63) is 24.3 Å². The Kier molecular flexibility index (Phi) is 5.25. The Hall–Kier alpha value is -1.51. The standard InChI is InChI=1S/C16H22O3/c1-2-18-14-7-9-15(10-8-14)19-12-11-16(17)13-5-3-4-6-13/h7-10,13H,2-6,11-12H2,1H3. The lowest BCUT2D eigenvalue weighted by molar-refractivity contribution is -0.123. The van der Waals surface area contributed by atoms with Crippen molar-refractivity contribution in [1.29, 1.82) is 0 Å². The van der Waals surface area contributed by atoms with E-state index in [0.29, 0.717) is 31.3 Å². The average Bonchev–Trinajstić information content (AvgIpc) is 2.95. The SMILES string of the molecule is CCOc1ccc(OCCC(=O)C2CCCC2)cc1. The van der Waals surface area contributed by atoms with Crippen molar-refractivity contribution in [3.63, 3.8) is 0 Å². The zero-order chi connectivity index (χ0) is 13.5. The molecule has 1 aromatic carbocycles. The van der Waals surface area contributed by atoms with E-state index < -0.39 is 0 Å². The molecule has 1 saturated carbocycles. The van der Waals surface area contributed by atoms with Crippen LogP contribution in [-0.2, 0) is 4.79 Å². The normalized spacial score (nSPS) is 15.4. The molecule has 1 aromatic rings. The first-order valence-corrected chi connectivity index (χ1v) is 7.18. The van der Waals surface area contributed by atoms with E-state index in [2.05, 4.69) is 0 Å². The highest BCUT2D eigenvalue weighted by Crippen LogP contribution is 2.26. The molecule has 0 amide bonds. The van der Waals surface area contributed by atoms with Gasteiger partial charge in [-0.1, -0.05) is 12.8 Å². The molecule has 3 heteroatoms. The van der Waals surface area contributed by atoms with Crippen molar-refractivity contribution in [2.75, 3.05) is 13.2 Å². The first-order chi connectivity index (χ1) is 9.29. The highest BCUT2D eigenvalue weighted by Gasteiger charge is 2.21. The Morgan fingerprint density at radius 2 is 1.68 bits per heavy atom. The molecule has 0 unspecified atom stereocenters. The summed E-state index contributed by atoms with van der Waals surface area (Å²) >= 11 is 0. The van der Waals surface area contributed by atoms with E-state index in [0.717, 1.165) is 24.3 Å². The van der Waals surface area contributed by atoms with Gasteiger partial charge in [0, 0.05) is 12.3 Å². The largest absolute Gasteiger partial charge is 0.494 e. The van der Waals surface area contributed by atoms with Crippen molar-refractivity contribution >= 4 is 5.78 Å². The van der Waals surface area contributed by atoms with Gasteiger partial charge in [0.25, 0.3) is 0 Å². The molecule has 1 fully saturated rings. The third kappa shape index (κ3) is 4.27. The number of carbonyl (C=O) groups excluding carboxylic acids is 1. The van der Waals surface area contributed by atoms with Crippen molar-refractivity contribution in [2.45, 2.75) is 39.0 Å². The lowest BCUT2D eigenvalue weighted by Gasteiger charge is -2.10. The van der Waals surface area contributed by atoms with Gasteiger partial charge in [0.1, 0.15) is 17.3 Å². The topological polar surface area (TPSA) is 35.5 Å². The lowest BCUT2D eigenvalue weighted by atomic mass is 10.0. The highest BCUT2D eigenvalue weighted by molar-refractivity contribution is 5.81. The van der Waals surface area contributed by atoms with Crippen LogP contribution in [0.1, 0.15) is 39.0 Å². The fourth-order valence-corrected chi connectivity index (χ4v) is 2.52. The predicted molar refractivity (Wildman–Crippen MR) is 74.7 cm³/mol. The molecule has 2 rings (SSSR count). The summed E-state index contributed by atoms with van der Waals surface area (Å²) in [6.45, 7) is 3.10. The van der Waals surface area contributed by atoms with Crippen LogP contribution in [0.25, 0.3) is 0 Å². The van der Waals surface area contributed by atoms with E-state index in [-0.39, 0.29) is 0 Å². The minimum absolute atomic E-state index is 0.295. The highest BCUT2D eigenvalue weighted by atomic mass is 16.5. The van der Waals surface area contributed by atoms with Crippen LogP contribution < -0.4 is 9.47 Å². The van der Waals surface area contributed by atoms with Crippen molar-refractivity contribution < 1.29 is 14.3 Å². The maximum atomic E-state index is 11.9. The first-order valence-electron chi connectivity index (χ1n) is 7.18. The molecule has 0 atom stereocenters. The third-order valence-corrected chi connectivity index (χ3v) is 3.56. The number of ketones is 1. The van der Waals surface area contributed by atoms with E-state index >= 15 is 0 Å². The number of hydrogen-bond acceptors (Lipinski definition) is 3. The van der Waals surface area contributed by atoms with Crippen LogP contribution in [0.3, 0.4) is 0 Å². The van der Waals surface area contributed by atoms with E-state index in [1.54, 1.807) is 0 Å². The zero-order valence-corrected chi connectivity index (χ0v) is 11.6. The van der Waals surface area contributed by atoms with Crippen LogP contribution in [0.15, 0.2) is 24.3 Å². The van der Waals surface area contributed by atoms with Crippen LogP contribution >= 0.6 is 0 Å². The molecule has 0 aliphatic heterocycles. The molecule has 104 valence electrons.